The van der Waals surface area contributed by atoms with Crippen LogP contribution in [0.5, 0.6) is 0 Å². The molecular formula is C18H29N5O4. The minimum atomic E-state index is -0.114. The maximum absolute atomic E-state index is 12.6. The van der Waals surface area contributed by atoms with Gasteiger partial charge in [-0.3, -0.25) is 4.79 Å². The fraction of sp³-hybridized carbons (Fsp3) is 0.778. The van der Waals surface area contributed by atoms with E-state index in [4.69, 9.17) is 9.26 Å². The van der Waals surface area contributed by atoms with Gasteiger partial charge in [-0.25, -0.2) is 4.79 Å². The summed E-state index contributed by atoms with van der Waals surface area (Å²) in [4.78, 5) is 32.8. The van der Waals surface area contributed by atoms with Crippen LogP contribution in [0.3, 0.4) is 0 Å². The minimum Gasteiger partial charge on any atom is -0.383 e. The average molecular weight is 379 g/mol. The van der Waals surface area contributed by atoms with Crippen molar-refractivity contribution in [3.8, 4) is 0 Å². The maximum Gasteiger partial charge on any atom is 0.317 e. The van der Waals surface area contributed by atoms with Gasteiger partial charge in [0.1, 0.15) is 0 Å². The van der Waals surface area contributed by atoms with E-state index >= 15 is 0 Å². The molecule has 3 rings (SSSR count). The third-order valence-corrected chi connectivity index (χ3v) is 5.47. The molecule has 1 spiro atoms. The summed E-state index contributed by atoms with van der Waals surface area (Å²) in [5.74, 6) is 1.24. The molecule has 1 atom stereocenters. The molecule has 0 aromatic carbocycles. The van der Waals surface area contributed by atoms with Gasteiger partial charge in [-0.2, -0.15) is 4.98 Å². The smallest absolute Gasteiger partial charge is 0.317 e. The van der Waals surface area contributed by atoms with Gasteiger partial charge in [0.2, 0.25) is 11.8 Å². The largest absolute Gasteiger partial charge is 0.383 e. The molecule has 3 heterocycles. The standard InChI is InChI=1S/C18H29N5O4/c1-3-15-20-14(21-27-15)11-19-17(25)23-8-4-6-18(13-23)7-5-16(24)22(12-18)9-10-26-2/h3-13H2,1-2H3,(H,19,25). The van der Waals surface area contributed by atoms with Crippen LogP contribution in [0.1, 0.15) is 44.3 Å². The first-order valence-electron chi connectivity index (χ1n) is 9.66. The number of aryl methyl sites for hydroxylation is 1. The van der Waals surface area contributed by atoms with E-state index in [1.165, 1.54) is 0 Å². The van der Waals surface area contributed by atoms with Gasteiger partial charge in [0, 0.05) is 51.5 Å². The molecular weight excluding hydrogens is 350 g/mol. The molecule has 2 saturated heterocycles. The Labute approximate surface area is 159 Å². The normalized spacial score (nSPS) is 23.1. The van der Waals surface area contributed by atoms with Crippen LogP contribution in [0.4, 0.5) is 4.79 Å². The van der Waals surface area contributed by atoms with E-state index in [2.05, 4.69) is 15.5 Å². The summed E-state index contributed by atoms with van der Waals surface area (Å²) in [6.07, 6.45) is 4.04. The van der Waals surface area contributed by atoms with Crippen molar-refractivity contribution in [1.29, 1.82) is 0 Å². The van der Waals surface area contributed by atoms with Crippen LogP contribution < -0.4 is 5.32 Å². The van der Waals surface area contributed by atoms with Gasteiger partial charge in [0.15, 0.2) is 5.82 Å². The molecule has 1 N–H and O–H groups in total. The zero-order valence-electron chi connectivity index (χ0n) is 16.2. The molecule has 1 aromatic heterocycles. The van der Waals surface area contributed by atoms with Crippen molar-refractivity contribution in [2.75, 3.05) is 39.9 Å². The summed E-state index contributed by atoms with van der Waals surface area (Å²) < 4.78 is 10.2. The highest BCUT2D eigenvalue weighted by molar-refractivity contribution is 5.77. The molecule has 2 fully saturated rings. The van der Waals surface area contributed by atoms with Gasteiger partial charge in [0.25, 0.3) is 0 Å². The molecule has 3 amide bonds. The zero-order chi connectivity index (χ0) is 19.3. The number of nitrogens with one attached hydrogen (secondary N) is 1. The topological polar surface area (TPSA) is 101 Å². The van der Waals surface area contributed by atoms with Gasteiger partial charge in [0.05, 0.1) is 13.2 Å². The highest BCUT2D eigenvalue weighted by atomic mass is 16.5. The lowest BCUT2D eigenvalue weighted by Gasteiger charge is -2.48. The lowest BCUT2D eigenvalue weighted by atomic mass is 9.73. The van der Waals surface area contributed by atoms with E-state index in [0.717, 1.165) is 25.8 Å². The summed E-state index contributed by atoms with van der Waals surface area (Å²) in [5.41, 5.74) is -0.0151. The molecule has 9 heteroatoms. The molecule has 0 aliphatic carbocycles. The van der Waals surface area contributed by atoms with Gasteiger partial charge in [-0.15, -0.1) is 0 Å². The van der Waals surface area contributed by atoms with Crippen LogP contribution in [0, 0.1) is 5.41 Å². The SMILES string of the molecule is CCc1nc(CNC(=O)N2CCCC3(CCC(=O)N(CCOC)C3)C2)no1. The van der Waals surface area contributed by atoms with Gasteiger partial charge in [-0.1, -0.05) is 12.1 Å². The number of nitrogens with zero attached hydrogens (tertiary/aromatic N) is 4. The van der Waals surface area contributed by atoms with Crippen molar-refractivity contribution in [2.24, 2.45) is 5.41 Å². The number of methoxy groups -OCH3 is 1. The van der Waals surface area contributed by atoms with E-state index in [1.807, 2.05) is 16.7 Å². The molecule has 150 valence electrons. The summed E-state index contributed by atoms with van der Waals surface area (Å²) >= 11 is 0. The number of amides is 3. The Balaban J connectivity index is 1.56. The average Bonchev–Trinajstić information content (AvgIpc) is 3.15. The van der Waals surface area contributed by atoms with E-state index in [-0.39, 0.29) is 23.9 Å². The van der Waals surface area contributed by atoms with Crippen molar-refractivity contribution < 1.29 is 18.8 Å². The van der Waals surface area contributed by atoms with Gasteiger partial charge >= 0.3 is 6.03 Å². The highest BCUT2D eigenvalue weighted by Gasteiger charge is 2.42. The lowest BCUT2D eigenvalue weighted by Crippen LogP contribution is -2.56. The third-order valence-electron chi connectivity index (χ3n) is 5.47. The first kappa shape index (κ1) is 19.6. The molecule has 9 nitrogen and oxygen atoms in total. The van der Waals surface area contributed by atoms with Crippen molar-refractivity contribution in [1.82, 2.24) is 25.3 Å². The van der Waals surface area contributed by atoms with Crippen LogP contribution >= 0.6 is 0 Å². The zero-order valence-corrected chi connectivity index (χ0v) is 16.2. The fourth-order valence-electron chi connectivity index (χ4n) is 3.99. The highest BCUT2D eigenvalue weighted by Crippen LogP contribution is 2.38. The number of hydrogen-bond donors (Lipinski definition) is 1. The Kier molecular flexibility index (Phi) is 6.30. The number of rotatable bonds is 6. The number of aromatic nitrogens is 2. The van der Waals surface area contributed by atoms with Crippen LogP contribution in [-0.4, -0.2) is 71.8 Å². The number of carbonyl (C=O) groups excluding carboxylic acids is 2. The molecule has 2 aliphatic heterocycles. The van der Waals surface area contributed by atoms with Gasteiger partial charge in [-0.05, 0) is 19.3 Å². The number of likely N-dealkylation sites (tertiary alicyclic amines) is 2. The second-order valence-electron chi connectivity index (χ2n) is 7.45. The van der Waals surface area contributed by atoms with E-state index in [9.17, 15) is 9.59 Å². The Morgan fingerprint density at radius 3 is 2.96 bits per heavy atom. The quantitative estimate of drug-likeness (QED) is 0.797. The predicted molar refractivity (Wildman–Crippen MR) is 96.8 cm³/mol. The van der Waals surface area contributed by atoms with E-state index < -0.39 is 0 Å². The second kappa shape index (κ2) is 8.69. The maximum atomic E-state index is 12.6. The van der Waals surface area contributed by atoms with E-state index in [0.29, 0.717) is 50.8 Å². The fourth-order valence-corrected chi connectivity index (χ4v) is 3.99. The predicted octanol–water partition coefficient (Wildman–Crippen LogP) is 1.19. The molecule has 0 radical (unpaired) electrons. The van der Waals surface area contributed by atoms with Crippen LogP contribution in [-0.2, 0) is 22.5 Å². The lowest BCUT2D eigenvalue weighted by molar-refractivity contribution is -0.139. The molecule has 27 heavy (non-hydrogen) atoms. The van der Waals surface area contributed by atoms with Crippen molar-refractivity contribution in [3.05, 3.63) is 11.7 Å². The molecule has 0 saturated carbocycles. The minimum absolute atomic E-state index is 0.0151. The Hall–Kier alpha value is -2.16. The van der Waals surface area contributed by atoms with Gasteiger partial charge < -0.3 is 24.4 Å². The summed E-state index contributed by atoms with van der Waals surface area (Å²) in [6.45, 7) is 5.44. The molecule has 1 unspecified atom stereocenters. The van der Waals surface area contributed by atoms with Crippen LogP contribution in [0.2, 0.25) is 0 Å². The number of hydrogen-bond acceptors (Lipinski definition) is 6. The molecule has 2 aliphatic rings. The number of piperidine rings is 2. The monoisotopic (exact) mass is 379 g/mol. The summed E-state index contributed by atoms with van der Waals surface area (Å²) in [6, 6.07) is -0.114. The number of carbonyl (C=O) groups is 2. The van der Waals surface area contributed by atoms with Crippen LogP contribution in [0.25, 0.3) is 0 Å². The summed E-state index contributed by atoms with van der Waals surface area (Å²) in [7, 11) is 1.64. The molecule has 1 aromatic rings. The molecule has 0 bridgehead atoms. The number of urea groups is 1. The van der Waals surface area contributed by atoms with Crippen LogP contribution in [0.15, 0.2) is 4.52 Å². The van der Waals surface area contributed by atoms with E-state index in [1.54, 1.807) is 7.11 Å². The first-order chi connectivity index (χ1) is 13.0. The Morgan fingerprint density at radius 1 is 1.37 bits per heavy atom. The number of ether oxygens (including phenoxy) is 1. The Bertz CT molecular complexity index is 664. The third kappa shape index (κ3) is 4.77. The van der Waals surface area contributed by atoms with Crippen molar-refractivity contribution >= 4 is 11.9 Å². The van der Waals surface area contributed by atoms with Crippen molar-refractivity contribution in [3.63, 3.8) is 0 Å². The van der Waals surface area contributed by atoms with Crippen molar-refractivity contribution in [2.45, 2.75) is 45.6 Å². The second-order valence-corrected chi connectivity index (χ2v) is 7.45. The summed E-state index contributed by atoms with van der Waals surface area (Å²) in [5, 5.41) is 6.74. The first-order valence-corrected chi connectivity index (χ1v) is 9.66. The Morgan fingerprint density at radius 2 is 2.22 bits per heavy atom.